The Labute approximate surface area is 96.3 Å². The molecule has 0 atom stereocenters. The molecule has 0 aromatic heterocycles. The van der Waals surface area contributed by atoms with Crippen LogP contribution in [0.25, 0.3) is 0 Å². The predicted molar refractivity (Wildman–Crippen MR) is 64.6 cm³/mol. The maximum absolute atomic E-state index is 9.47. The van der Waals surface area contributed by atoms with Gasteiger partial charge in [-0.2, -0.15) is 0 Å². The smallest absolute Gasteiger partial charge is 0.0681 e. The fourth-order valence-electron chi connectivity index (χ4n) is 2.28. The Kier molecular flexibility index (Phi) is 3.46. The molecule has 0 spiro atoms. The number of aliphatic hydroxyl groups excluding tert-OH is 2. The standard InChI is InChI=1S/C13H19NO2/c1-10-8-11(9-15)2-3-13(10)14-6-4-12(16)5-7-14/h2-3,8,12,15-16H,4-7,9H2,1H3. The summed E-state index contributed by atoms with van der Waals surface area (Å²) >= 11 is 0. The highest BCUT2D eigenvalue weighted by molar-refractivity contribution is 5.54. The summed E-state index contributed by atoms with van der Waals surface area (Å²) < 4.78 is 0. The zero-order valence-electron chi connectivity index (χ0n) is 9.69. The van der Waals surface area contributed by atoms with Gasteiger partial charge in [-0.3, -0.25) is 0 Å². The Morgan fingerprint density at radius 1 is 1.31 bits per heavy atom. The van der Waals surface area contributed by atoms with Crippen molar-refractivity contribution in [3.8, 4) is 0 Å². The molecule has 88 valence electrons. The summed E-state index contributed by atoms with van der Waals surface area (Å²) in [6.45, 7) is 4.00. The number of hydrogen-bond donors (Lipinski definition) is 2. The van der Waals surface area contributed by atoms with E-state index in [9.17, 15) is 5.11 Å². The Bertz CT molecular complexity index is 357. The largest absolute Gasteiger partial charge is 0.393 e. The highest BCUT2D eigenvalue weighted by atomic mass is 16.3. The SMILES string of the molecule is Cc1cc(CO)ccc1N1CCC(O)CC1. The number of aryl methyl sites for hydroxylation is 1. The van der Waals surface area contributed by atoms with Crippen molar-refractivity contribution in [2.24, 2.45) is 0 Å². The van der Waals surface area contributed by atoms with Gasteiger partial charge in [-0.25, -0.2) is 0 Å². The molecule has 1 fully saturated rings. The number of piperidine rings is 1. The molecule has 0 unspecified atom stereocenters. The fourth-order valence-corrected chi connectivity index (χ4v) is 2.28. The van der Waals surface area contributed by atoms with E-state index in [1.165, 1.54) is 11.3 Å². The van der Waals surface area contributed by atoms with Crippen LogP contribution in [0.4, 0.5) is 5.69 Å². The summed E-state index contributed by atoms with van der Waals surface area (Å²) in [5.41, 5.74) is 3.38. The van der Waals surface area contributed by atoms with Crippen molar-refractivity contribution in [2.75, 3.05) is 18.0 Å². The van der Waals surface area contributed by atoms with E-state index >= 15 is 0 Å². The van der Waals surface area contributed by atoms with Crippen molar-refractivity contribution in [1.82, 2.24) is 0 Å². The van der Waals surface area contributed by atoms with Crippen LogP contribution in [-0.2, 0) is 6.61 Å². The van der Waals surface area contributed by atoms with Crippen molar-refractivity contribution in [3.63, 3.8) is 0 Å². The average Bonchev–Trinajstić information content (AvgIpc) is 2.30. The Morgan fingerprint density at radius 3 is 2.56 bits per heavy atom. The summed E-state index contributed by atoms with van der Waals surface area (Å²) in [5.74, 6) is 0. The predicted octanol–water partition coefficient (Wildman–Crippen LogP) is 1.45. The Morgan fingerprint density at radius 2 is 2.00 bits per heavy atom. The zero-order valence-corrected chi connectivity index (χ0v) is 9.69. The van der Waals surface area contributed by atoms with Crippen LogP contribution in [0.15, 0.2) is 18.2 Å². The van der Waals surface area contributed by atoms with Gasteiger partial charge in [-0.15, -0.1) is 0 Å². The van der Waals surface area contributed by atoms with E-state index in [2.05, 4.69) is 17.9 Å². The molecule has 1 saturated heterocycles. The lowest BCUT2D eigenvalue weighted by atomic mass is 10.0. The van der Waals surface area contributed by atoms with E-state index in [0.29, 0.717) is 0 Å². The second kappa shape index (κ2) is 4.85. The van der Waals surface area contributed by atoms with Crippen LogP contribution in [0.1, 0.15) is 24.0 Å². The lowest BCUT2D eigenvalue weighted by Crippen LogP contribution is -2.36. The minimum Gasteiger partial charge on any atom is -0.393 e. The van der Waals surface area contributed by atoms with Gasteiger partial charge in [0.15, 0.2) is 0 Å². The molecule has 2 N–H and O–H groups in total. The molecule has 1 aromatic carbocycles. The maximum Gasteiger partial charge on any atom is 0.0681 e. The molecule has 0 saturated carbocycles. The molecule has 0 aliphatic carbocycles. The first-order valence-electron chi connectivity index (χ1n) is 5.84. The normalized spacial score (nSPS) is 17.8. The molecule has 1 heterocycles. The van der Waals surface area contributed by atoms with E-state index in [0.717, 1.165) is 31.5 Å². The average molecular weight is 221 g/mol. The molecule has 3 heteroatoms. The summed E-state index contributed by atoms with van der Waals surface area (Å²) in [6, 6.07) is 6.06. The van der Waals surface area contributed by atoms with Gasteiger partial charge in [-0.05, 0) is 37.0 Å². The van der Waals surface area contributed by atoms with Crippen molar-refractivity contribution in [3.05, 3.63) is 29.3 Å². The summed E-state index contributed by atoms with van der Waals surface area (Å²) in [7, 11) is 0. The van der Waals surface area contributed by atoms with Crippen LogP contribution >= 0.6 is 0 Å². The van der Waals surface area contributed by atoms with Gasteiger partial charge in [0.1, 0.15) is 0 Å². The Balaban J connectivity index is 2.14. The van der Waals surface area contributed by atoms with Crippen LogP contribution in [0.3, 0.4) is 0 Å². The van der Waals surface area contributed by atoms with Crippen molar-refractivity contribution in [1.29, 1.82) is 0 Å². The molecule has 1 aliphatic heterocycles. The second-order valence-corrected chi connectivity index (χ2v) is 4.50. The monoisotopic (exact) mass is 221 g/mol. The lowest BCUT2D eigenvalue weighted by molar-refractivity contribution is 0.145. The van der Waals surface area contributed by atoms with E-state index in [4.69, 9.17) is 5.11 Å². The minimum absolute atomic E-state index is 0.0971. The number of anilines is 1. The van der Waals surface area contributed by atoms with E-state index in [-0.39, 0.29) is 12.7 Å². The Hall–Kier alpha value is -1.06. The topological polar surface area (TPSA) is 43.7 Å². The molecule has 0 amide bonds. The molecular formula is C13H19NO2. The molecule has 0 bridgehead atoms. The molecule has 0 radical (unpaired) electrons. The minimum atomic E-state index is -0.131. The number of benzene rings is 1. The maximum atomic E-state index is 9.47. The van der Waals surface area contributed by atoms with Crippen molar-refractivity contribution >= 4 is 5.69 Å². The lowest BCUT2D eigenvalue weighted by Gasteiger charge is -2.32. The van der Waals surface area contributed by atoms with E-state index in [1.807, 2.05) is 12.1 Å². The summed E-state index contributed by atoms with van der Waals surface area (Å²) in [5, 5.41) is 18.5. The van der Waals surface area contributed by atoms with Crippen LogP contribution in [0, 0.1) is 6.92 Å². The molecule has 2 rings (SSSR count). The van der Waals surface area contributed by atoms with Crippen LogP contribution < -0.4 is 4.90 Å². The number of rotatable bonds is 2. The molecule has 16 heavy (non-hydrogen) atoms. The first-order chi connectivity index (χ1) is 7.70. The number of aliphatic hydroxyl groups is 2. The first-order valence-corrected chi connectivity index (χ1v) is 5.84. The molecule has 1 aliphatic rings. The van der Waals surface area contributed by atoms with Gasteiger partial charge in [0.25, 0.3) is 0 Å². The van der Waals surface area contributed by atoms with Crippen LogP contribution in [-0.4, -0.2) is 29.4 Å². The van der Waals surface area contributed by atoms with Crippen molar-refractivity contribution in [2.45, 2.75) is 32.5 Å². The van der Waals surface area contributed by atoms with Crippen LogP contribution in [0.5, 0.6) is 0 Å². The van der Waals surface area contributed by atoms with Gasteiger partial charge in [0.2, 0.25) is 0 Å². The third kappa shape index (κ3) is 2.36. The molecular weight excluding hydrogens is 202 g/mol. The van der Waals surface area contributed by atoms with E-state index in [1.54, 1.807) is 0 Å². The van der Waals surface area contributed by atoms with Gasteiger partial charge in [-0.1, -0.05) is 12.1 Å². The van der Waals surface area contributed by atoms with E-state index < -0.39 is 0 Å². The zero-order chi connectivity index (χ0) is 11.5. The summed E-state index contributed by atoms with van der Waals surface area (Å²) in [4.78, 5) is 2.31. The second-order valence-electron chi connectivity index (χ2n) is 4.50. The summed E-state index contributed by atoms with van der Waals surface area (Å²) in [6.07, 6.45) is 1.57. The third-order valence-electron chi connectivity index (χ3n) is 3.25. The van der Waals surface area contributed by atoms with Gasteiger partial charge < -0.3 is 15.1 Å². The van der Waals surface area contributed by atoms with Gasteiger partial charge in [0.05, 0.1) is 12.7 Å². The number of hydrogen-bond acceptors (Lipinski definition) is 3. The quantitative estimate of drug-likeness (QED) is 0.794. The first kappa shape index (κ1) is 11.4. The van der Waals surface area contributed by atoms with Crippen LogP contribution in [0.2, 0.25) is 0 Å². The third-order valence-corrected chi connectivity index (χ3v) is 3.25. The fraction of sp³-hybridized carbons (Fsp3) is 0.538. The molecule has 3 nitrogen and oxygen atoms in total. The van der Waals surface area contributed by atoms with Gasteiger partial charge in [0, 0.05) is 18.8 Å². The number of nitrogens with zero attached hydrogens (tertiary/aromatic N) is 1. The van der Waals surface area contributed by atoms with Crippen molar-refractivity contribution < 1.29 is 10.2 Å². The molecule has 1 aromatic rings. The highest BCUT2D eigenvalue weighted by Crippen LogP contribution is 2.24. The highest BCUT2D eigenvalue weighted by Gasteiger charge is 2.18. The van der Waals surface area contributed by atoms with Gasteiger partial charge >= 0.3 is 0 Å².